The van der Waals surface area contributed by atoms with Crippen LogP contribution in [0.15, 0.2) is 53.5 Å². The highest BCUT2D eigenvalue weighted by molar-refractivity contribution is 8.13. The molecule has 4 heteroatoms. The summed E-state index contributed by atoms with van der Waals surface area (Å²) in [7, 11) is 0. The molecule has 0 amide bonds. The van der Waals surface area contributed by atoms with Gasteiger partial charge in [-0.1, -0.05) is 55.4 Å². The maximum atomic E-state index is 5.99. The van der Waals surface area contributed by atoms with E-state index in [4.69, 9.17) is 10.5 Å². The third kappa shape index (κ3) is 5.93. The van der Waals surface area contributed by atoms with Gasteiger partial charge in [-0.2, -0.15) is 0 Å². The van der Waals surface area contributed by atoms with Gasteiger partial charge in [0.05, 0.1) is 12.3 Å². The van der Waals surface area contributed by atoms with Crippen molar-refractivity contribution in [3.8, 4) is 5.75 Å². The summed E-state index contributed by atoms with van der Waals surface area (Å²) in [6.45, 7) is 7.10. The summed E-state index contributed by atoms with van der Waals surface area (Å²) in [5, 5.41) is 0.568. The van der Waals surface area contributed by atoms with Gasteiger partial charge < -0.3 is 10.5 Å². The summed E-state index contributed by atoms with van der Waals surface area (Å²) >= 11 is 1.51. The third-order valence-corrected chi connectivity index (χ3v) is 4.69. The number of hydrogen-bond acceptors (Lipinski definition) is 3. The summed E-state index contributed by atoms with van der Waals surface area (Å²) in [5.41, 5.74) is 9.45. The molecule has 0 bridgehead atoms. The molecule has 0 aliphatic carbocycles. The number of amidine groups is 1. The van der Waals surface area contributed by atoms with Crippen LogP contribution < -0.4 is 10.5 Å². The van der Waals surface area contributed by atoms with Crippen molar-refractivity contribution in [2.24, 2.45) is 10.7 Å². The Balaban J connectivity index is 1.78. The van der Waals surface area contributed by atoms with E-state index in [1.165, 1.54) is 22.9 Å². The molecule has 3 nitrogen and oxygen atoms in total. The second kappa shape index (κ2) is 9.38. The number of ether oxygens (including phenoxy) is 1. The minimum absolute atomic E-state index is 0.568. The van der Waals surface area contributed by atoms with Crippen LogP contribution in [0.25, 0.3) is 0 Å². The van der Waals surface area contributed by atoms with Crippen molar-refractivity contribution in [2.75, 3.05) is 12.4 Å². The number of hydrogen-bond donors (Lipinski definition) is 1. The number of thioether (sulfide) groups is 1. The van der Waals surface area contributed by atoms with Crippen LogP contribution in [0.4, 0.5) is 5.69 Å². The Kier molecular flexibility index (Phi) is 7.19. The molecule has 2 rings (SSSR count). The first-order valence-electron chi connectivity index (χ1n) is 8.35. The first-order chi connectivity index (χ1) is 11.6. The van der Waals surface area contributed by atoms with Crippen molar-refractivity contribution in [1.29, 1.82) is 0 Å². The Bertz CT molecular complexity index is 650. The van der Waals surface area contributed by atoms with Crippen molar-refractivity contribution >= 4 is 22.6 Å². The molecule has 128 valence electrons. The standard InChI is InChI=1S/C20H26N2OS/c1-4-16(3)17-7-9-18(10-8-17)22-20(21)24-14-13-23-19-11-5-15(2)6-12-19/h5-12,16H,4,13-14H2,1-3H3,(H2,21,22)/t16-/m0/s1. The highest BCUT2D eigenvalue weighted by Gasteiger charge is 2.02. The number of nitrogens with zero attached hydrogens (tertiary/aromatic N) is 1. The van der Waals surface area contributed by atoms with Gasteiger partial charge in [0.15, 0.2) is 5.17 Å². The van der Waals surface area contributed by atoms with Crippen molar-refractivity contribution in [3.05, 3.63) is 59.7 Å². The highest BCUT2D eigenvalue weighted by Crippen LogP contribution is 2.22. The van der Waals surface area contributed by atoms with E-state index in [1.807, 2.05) is 36.4 Å². The zero-order chi connectivity index (χ0) is 17.4. The summed E-state index contributed by atoms with van der Waals surface area (Å²) in [4.78, 5) is 4.44. The van der Waals surface area contributed by atoms with Gasteiger partial charge >= 0.3 is 0 Å². The lowest BCUT2D eigenvalue weighted by molar-refractivity contribution is 0.344. The molecule has 1 atom stereocenters. The van der Waals surface area contributed by atoms with Crippen molar-refractivity contribution in [1.82, 2.24) is 0 Å². The molecule has 0 unspecified atom stereocenters. The smallest absolute Gasteiger partial charge is 0.159 e. The molecule has 0 saturated carbocycles. The van der Waals surface area contributed by atoms with Crippen LogP contribution in [0, 0.1) is 6.92 Å². The zero-order valence-corrected chi connectivity index (χ0v) is 15.5. The molecule has 0 spiro atoms. The second-order valence-electron chi connectivity index (χ2n) is 5.86. The molecule has 0 heterocycles. The van der Waals surface area contributed by atoms with Crippen molar-refractivity contribution in [2.45, 2.75) is 33.1 Å². The van der Waals surface area contributed by atoms with E-state index < -0.39 is 0 Å². The Morgan fingerprint density at radius 2 is 1.79 bits per heavy atom. The monoisotopic (exact) mass is 342 g/mol. The van der Waals surface area contributed by atoms with E-state index in [1.54, 1.807) is 0 Å². The van der Waals surface area contributed by atoms with E-state index in [0.29, 0.717) is 17.7 Å². The maximum Gasteiger partial charge on any atom is 0.159 e. The van der Waals surface area contributed by atoms with Gasteiger partial charge in [0.1, 0.15) is 5.75 Å². The highest BCUT2D eigenvalue weighted by atomic mass is 32.2. The SMILES string of the molecule is CC[C@H](C)c1ccc(N=C(N)SCCOc2ccc(C)cc2)cc1. The third-order valence-electron chi connectivity index (χ3n) is 3.94. The van der Waals surface area contributed by atoms with E-state index in [9.17, 15) is 0 Å². The number of nitrogens with two attached hydrogens (primary N) is 1. The number of aryl methyl sites for hydroxylation is 1. The summed E-state index contributed by atoms with van der Waals surface area (Å²) in [6.07, 6.45) is 1.14. The van der Waals surface area contributed by atoms with Gasteiger partial charge in [-0.3, -0.25) is 0 Å². The van der Waals surface area contributed by atoms with Gasteiger partial charge in [0.25, 0.3) is 0 Å². The number of benzene rings is 2. The first kappa shape index (κ1) is 18.4. The quantitative estimate of drug-likeness (QED) is 0.424. The summed E-state index contributed by atoms with van der Waals surface area (Å²) in [5.74, 6) is 2.24. The number of aliphatic imine (C=N–C) groups is 1. The molecule has 2 N–H and O–H groups in total. The molecule has 2 aromatic rings. The fourth-order valence-corrected chi connectivity index (χ4v) is 2.76. The fraction of sp³-hybridized carbons (Fsp3) is 0.350. The van der Waals surface area contributed by atoms with Crippen molar-refractivity contribution < 1.29 is 4.74 Å². The minimum Gasteiger partial charge on any atom is -0.493 e. The molecular weight excluding hydrogens is 316 g/mol. The fourth-order valence-electron chi connectivity index (χ4n) is 2.21. The van der Waals surface area contributed by atoms with Gasteiger partial charge in [-0.05, 0) is 49.1 Å². The molecule has 0 fully saturated rings. The van der Waals surface area contributed by atoms with Gasteiger partial charge in [-0.25, -0.2) is 4.99 Å². The minimum atomic E-state index is 0.568. The van der Waals surface area contributed by atoms with E-state index in [-0.39, 0.29) is 0 Å². The Morgan fingerprint density at radius 1 is 1.12 bits per heavy atom. The molecule has 0 radical (unpaired) electrons. The molecule has 0 saturated heterocycles. The maximum absolute atomic E-state index is 5.99. The zero-order valence-electron chi connectivity index (χ0n) is 14.7. The Hall–Kier alpha value is -1.94. The van der Waals surface area contributed by atoms with Gasteiger partial charge in [0, 0.05) is 5.75 Å². The lowest BCUT2D eigenvalue weighted by Gasteiger charge is -2.09. The van der Waals surface area contributed by atoms with Crippen LogP contribution in [0.2, 0.25) is 0 Å². The predicted molar refractivity (Wildman–Crippen MR) is 106 cm³/mol. The largest absolute Gasteiger partial charge is 0.493 e. The van der Waals surface area contributed by atoms with E-state index in [0.717, 1.165) is 23.6 Å². The Morgan fingerprint density at radius 3 is 2.42 bits per heavy atom. The van der Waals surface area contributed by atoms with Gasteiger partial charge in [0.2, 0.25) is 0 Å². The molecular formula is C20H26N2OS. The lowest BCUT2D eigenvalue weighted by atomic mass is 9.99. The molecule has 2 aromatic carbocycles. The average Bonchev–Trinajstić information content (AvgIpc) is 2.60. The lowest BCUT2D eigenvalue weighted by Crippen LogP contribution is -2.10. The van der Waals surface area contributed by atoms with Crippen molar-refractivity contribution in [3.63, 3.8) is 0 Å². The van der Waals surface area contributed by atoms with Crippen LogP contribution in [0.5, 0.6) is 5.75 Å². The Labute approximate surface area is 149 Å². The average molecular weight is 343 g/mol. The second-order valence-corrected chi connectivity index (χ2v) is 6.98. The predicted octanol–water partition coefficient (Wildman–Crippen LogP) is 5.27. The molecule has 24 heavy (non-hydrogen) atoms. The summed E-state index contributed by atoms with van der Waals surface area (Å²) < 4.78 is 5.68. The first-order valence-corrected chi connectivity index (χ1v) is 9.33. The van der Waals surface area contributed by atoms with Gasteiger partial charge in [-0.15, -0.1) is 0 Å². The van der Waals surface area contributed by atoms with Crippen LogP contribution >= 0.6 is 11.8 Å². The van der Waals surface area contributed by atoms with Crippen LogP contribution in [-0.4, -0.2) is 17.5 Å². The van der Waals surface area contributed by atoms with Crippen LogP contribution in [0.1, 0.15) is 37.3 Å². The number of rotatable bonds is 7. The van der Waals surface area contributed by atoms with E-state index >= 15 is 0 Å². The molecule has 0 aromatic heterocycles. The van der Waals surface area contributed by atoms with E-state index in [2.05, 4.69) is 37.9 Å². The van der Waals surface area contributed by atoms with Crippen LogP contribution in [-0.2, 0) is 0 Å². The van der Waals surface area contributed by atoms with Crippen LogP contribution in [0.3, 0.4) is 0 Å². The summed E-state index contributed by atoms with van der Waals surface area (Å²) in [6, 6.07) is 16.4. The molecule has 0 aliphatic heterocycles. The molecule has 0 aliphatic rings. The normalized spacial score (nSPS) is 12.9. The topological polar surface area (TPSA) is 47.6 Å².